The van der Waals surface area contributed by atoms with Gasteiger partial charge in [0.25, 0.3) is 0 Å². The Kier molecular flexibility index (Phi) is 4.21. The van der Waals surface area contributed by atoms with Gasteiger partial charge < -0.3 is 5.73 Å². The maximum atomic E-state index is 13.2. The largest absolute Gasteiger partial charge is 0.313 e. The topological polar surface area (TPSA) is 29.3 Å². The fraction of sp³-hybridized carbons (Fsp3) is 0.600. The van der Waals surface area contributed by atoms with Crippen LogP contribution in [0.3, 0.4) is 0 Å². The number of hydrogen-bond acceptors (Lipinski definition) is 2. The van der Waals surface area contributed by atoms with E-state index in [4.69, 9.17) is 5.73 Å². The van der Waals surface area contributed by atoms with Crippen LogP contribution in [0.25, 0.3) is 0 Å². The molecule has 1 saturated heterocycles. The van der Waals surface area contributed by atoms with Crippen molar-refractivity contribution in [2.45, 2.75) is 38.8 Å². The molecule has 19 heavy (non-hydrogen) atoms. The second kappa shape index (κ2) is 5.55. The molecule has 0 saturated carbocycles. The van der Waals surface area contributed by atoms with Gasteiger partial charge in [-0.05, 0) is 43.4 Å². The number of nitrogens with two attached hydrogens (primary N) is 1. The van der Waals surface area contributed by atoms with Gasteiger partial charge >= 0.3 is 0 Å². The Morgan fingerprint density at radius 2 is 1.89 bits per heavy atom. The lowest BCUT2D eigenvalue weighted by molar-refractivity contribution is 0.0694. The summed E-state index contributed by atoms with van der Waals surface area (Å²) in [4.78, 5) is 2.24. The summed E-state index contributed by atoms with van der Waals surface area (Å²) in [6, 6.07) is 4.02. The monoisotopic (exact) mass is 268 g/mol. The number of halogens is 2. The molecular formula is C15H22F2N2. The van der Waals surface area contributed by atoms with Crippen molar-refractivity contribution in [3.8, 4) is 0 Å². The molecule has 1 heterocycles. The summed E-state index contributed by atoms with van der Waals surface area (Å²) in [5.74, 6) is -0.870. The Hall–Kier alpha value is -1.00. The van der Waals surface area contributed by atoms with E-state index in [0.29, 0.717) is 6.42 Å². The number of likely N-dealkylation sites (tertiary alicyclic amines) is 1. The Morgan fingerprint density at radius 3 is 2.47 bits per heavy atom. The first-order valence-corrected chi connectivity index (χ1v) is 6.86. The van der Waals surface area contributed by atoms with Crippen LogP contribution in [0, 0.1) is 17.6 Å². The van der Waals surface area contributed by atoms with Crippen molar-refractivity contribution in [2.75, 3.05) is 13.1 Å². The van der Waals surface area contributed by atoms with Crippen LogP contribution < -0.4 is 5.73 Å². The van der Waals surface area contributed by atoms with Crippen molar-refractivity contribution < 1.29 is 8.78 Å². The van der Waals surface area contributed by atoms with E-state index >= 15 is 0 Å². The van der Waals surface area contributed by atoms with Crippen LogP contribution in [-0.2, 0) is 6.42 Å². The highest BCUT2D eigenvalue weighted by molar-refractivity contribution is 5.20. The highest BCUT2D eigenvalue weighted by Gasteiger charge is 2.30. The van der Waals surface area contributed by atoms with Gasteiger partial charge in [-0.2, -0.15) is 0 Å². The van der Waals surface area contributed by atoms with Crippen molar-refractivity contribution in [3.63, 3.8) is 0 Å². The molecular weight excluding hydrogens is 246 g/mol. The zero-order valence-electron chi connectivity index (χ0n) is 11.6. The molecule has 1 fully saturated rings. The first-order chi connectivity index (χ1) is 8.88. The Balaban J connectivity index is 2.05. The molecule has 1 aliphatic heterocycles. The van der Waals surface area contributed by atoms with E-state index < -0.39 is 17.3 Å². The molecule has 0 bridgehead atoms. The molecule has 1 aromatic carbocycles. The van der Waals surface area contributed by atoms with Gasteiger partial charge in [0.05, 0.1) is 5.66 Å². The molecule has 106 valence electrons. The van der Waals surface area contributed by atoms with E-state index in [1.807, 2.05) is 6.92 Å². The number of nitrogens with zero attached hydrogens (tertiary/aromatic N) is 1. The van der Waals surface area contributed by atoms with E-state index in [2.05, 4.69) is 11.8 Å². The van der Waals surface area contributed by atoms with Gasteiger partial charge in [0.2, 0.25) is 0 Å². The average molecular weight is 268 g/mol. The standard InChI is InChI=1S/C15H22F2N2/c1-11-5-7-19(8-6-11)15(2,18)10-12-3-4-13(16)14(17)9-12/h3-4,9,11H,5-8,10,18H2,1-2H3. The van der Waals surface area contributed by atoms with E-state index in [0.717, 1.165) is 37.4 Å². The van der Waals surface area contributed by atoms with E-state index in [1.54, 1.807) is 6.07 Å². The molecule has 1 aromatic rings. The lowest BCUT2D eigenvalue weighted by Crippen LogP contribution is -2.57. The summed E-state index contributed by atoms with van der Waals surface area (Å²) in [5, 5.41) is 0. The fourth-order valence-electron chi connectivity index (χ4n) is 2.69. The highest BCUT2D eigenvalue weighted by Crippen LogP contribution is 2.24. The Bertz CT molecular complexity index is 438. The number of piperidine rings is 1. The molecule has 1 atom stereocenters. The summed E-state index contributed by atoms with van der Waals surface area (Å²) in [5.41, 5.74) is 6.60. The first kappa shape index (κ1) is 14.4. The molecule has 1 aliphatic rings. The third-order valence-corrected chi connectivity index (χ3v) is 4.05. The second-order valence-electron chi connectivity index (χ2n) is 5.95. The van der Waals surface area contributed by atoms with Crippen LogP contribution in [0.4, 0.5) is 8.78 Å². The molecule has 0 amide bonds. The summed E-state index contributed by atoms with van der Waals surface area (Å²) < 4.78 is 26.1. The van der Waals surface area contributed by atoms with Crippen molar-refractivity contribution in [3.05, 3.63) is 35.4 Å². The molecule has 4 heteroatoms. The van der Waals surface area contributed by atoms with Crippen LogP contribution in [0.1, 0.15) is 32.3 Å². The fourth-order valence-corrected chi connectivity index (χ4v) is 2.69. The van der Waals surface area contributed by atoms with Crippen LogP contribution in [0.2, 0.25) is 0 Å². The van der Waals surface area contributed by atoms with Gasteiger partial charge in [0.15, 0.2) is 11.6 Å². The zero-order valence-corrected chi connectivity index (χ0v) is 11.6. The summed E-state index contributed by atoms with van der Waals surface area (Å²) in [6.45, 7) is 6.15. The minimum absolute atomic E-state index is 0.510. The molecule has 1 unspecified atom stereocenters. The smallest absolute Gasteiger partial charge is 0.159 e. The molecule has 0 radical (unpaired) electrons. The maximum absolute atomic E-state index is 13.2. The van der Waals surface area contributed by atoms with Gasteiger partial charge in [0, 0.05) is 19.5 Å². The molecule has 2 nitrogen and oxygen atoms in total. The molecule has 0 aromatic heterocycles. The lowest BCUT2D eigenvalue weighted by atomic mass is 9.93. The third kappa shape index (κ3) is 3.51. The molecule has 2 rings (SSSR count). The number of hydrogen-bond donors (Lipinski definition) is 1. The SMILES string of the molecule is CC1CCN(C(C)(N)Cc2ccc(F)c(F)c2)CC1. The summed E-state index contributed by atoms with van der Waals surface area (Å²) >= 11 is 0. The molecule has 0 spiro atoms. The quantitative estimate of drug-likeness (QED) is 0.913. The Morgan fingerprint density at radius 1 is 1.26 bits per heavy atom. The summed E-state index contributed by atoms with van der Waals surface area (Å²) in [6.07, 6.45) is 2.81. The highest BCUT2D eigenvalue weighted by atomic mass is 19.2. The Labute approximate surface area is 113 Å². The van der Waals surface area contributed by atoms with E-state index in [-0.39, 0.29) is 0 Å². The van der Waals surface area contributed by atoms with Crippen LogP contribution in [0.5, 0.6) is 0 Å². The van der Waals surface area contributed by atoms with Crippen molar-refractivity contribution in [2.24, 2.45) is 11.7 Å². The van der Waals surface area contributed by atoms with Crippen LogP contribution in [-0.4, -0.2) is 23.7 Å². The maximum Gasteiger partial charge on any atom is 0.159 e. The van der Waals surface area contributed by atoms with Crippen molar-refractivity contribution >= 4 is 0 Å². The van der Waals surface area contributed by atoms with E-state index in [9.17, 15) is 8.78 Å². The average Bonchev–Trinajstić information content (AvgIpc) is 2.34. The van der Waals surface area contributed by atoms with Gasteiger partial charge in [0.1, 0.15) is 0 Å². The zero-order chi connectivity index (χ0) is 14.0. The second-order valence-corrected chi connectivity index (χ2v) is 5.95. The predicted octanol–water partition coefficient (Wildman–Crippen LogP) is 2.91. The molecule has 2 N–H and O–H groups in total. The molecule has 0 aliphatic carbocycles. The van der Waals surface area contributed by atoms with Gasteiger partial charge in [-0.3, -0.25) is 4.90 Å². The van der Waals surface area contributed by atoms with Gasteiger partial charge in [-0.1, -0.05) is 13.0 Å². The van der Waals surface area contributed by atoms with Crippen molar-refractivity contribution in [1.82, 2.24) is 4.90 Å². The van der Waals surface area contributed by atoms with Crippen molar-refractivity contribution in [1.29, 1.82) is 0 Å². The first-order valence-electron chi connectivity index (χ1n) is 6.86. The van der Waals surface area contributed by atoms with E-state index in [1.165, 1.54) is 12.1 Å². The van der Waals surface area contributed by atoms with Gasteiger partial charge in [-0.25, -0.2) is 8.78 Å². The number of benzene rings is 1. The summed E-state index contributed by atoms with van der Waals surface area (Å²) in [7, 11) is 0. The lowest BCUT2D eigenvalue weighted by Gasteiger charge is -2.42. The minimum atomic E-state index is -0.811. The van der Waals surface area contributed by atoms with Gasteiger partial charge in [-0.15, -0.1) is 0 Å². The predicted molar refractivity (Wildman–Crippen MR) is 72.6 cm³/mol. The van der Waals surface area contributed by atoms with Crippen LogP contribution >= 0.6 is 0 Å². The van der Waals surface area contributed by atoms with Crippen LogP contribution in [0.15, 0.2) is 18.2 Å². The normalized spacial score (nSPS) is 21.3. The minimum Gasteiger partial charge on any atom is -0.313 e. The third-order valence-electron chi connectivity index (χ3n) is 4.05. The number of rotatable bonds is 3.